The van der Waals surface area contributed by atoms with Crippen molar-refractivity contribution in [2.24, 2.45) is 4.99 Å². The minimum absolute atomic E-state index is 1.01. The lowest BCUT2D eigenvalue weighted by molar-refractivity contribution is 1.33. The molecule has 0 fully saturated rings. The molecule has 0 heterocycles. The van der Waals surface area contributed by atoms with Crippen molar-refractivity contribution in [1.29, 1.82) is 0 Å². The molecule has 0 bridgehead atoms. The Hall–Kier alpha value is -1.06. The molecule has 20 heavy (non-hydrogen) atoms. The van der Waals surface area contributed by atoms with Gasteiger partial charge >= 0.3 is 0 Å². The van der Waals surface area contributed by atoms with Gasteiger partial charge in [-0.25, -0.2) is 4.99 Å². The zero-order chi connectivity index (χ0) is 14.5. The van der Waals surface area contributed by atoms with Crippen LogP contribution in [0.5, 0.6) is 0 Å². The first kappa shape index (κ1) is 15.3. The van der Waals surface area contributed by atoms with Crippen LogP contribution >= 0.6 is 27.7 Å². The summed E-state index contributed by atoms with van der Waals surface area (Å²) in [6, 6.07) is 14.6. The molecule has 2 aromatic carbocycles. The molecule has 0 radical (unpaired) electrons. The van der Waals surface area contributed by atoms with E-state index in [-0.39, 0.29) is 0 Å². The van der Waals surface area contributed by atoms with Crippen LogP contribution in [-0.4, -0.2) is 10.8 Å². The zero-order valence-electron chi connectivity index (χ0n) is 12.0. The number of thioether (sulfide) groups is 1. The van der Waals surface area contributed by atoms with E-state index >= 15 is 0 Å². The van der Waals surface area contributed by atoms with Gasteiger partial charge < -0.3 is 0 Å². The van der Waals surface area contributed by atoms with Crippen LogP contribution < -0.4 is 0 Å². The summed E-state index contributed by atoms with van der Waals surface area (Å²) in [6.07, 6.45) is 0. The number of rotatable bonds is 3. The third kappa shape index (κ3) is 3.74. The first-order valence-electron chi connectivity index (χ1n) is 6.65. The number of aliphatic imine (C=N–C) groups is 1. The average Bonchev–Trinajstić information content (AvgIpc) is 2.42. The van der Waals surface area contributed by atoms with Crippen molar-refractivity contribution < 1.29 is 0 Å². The molecule has 0 spiro atoms. The van der Waals surface area contributed by atoms with Gasteiger partial charge in [0.25, 0.3) is 0 Å². The second-order valence-corrected chi connectivity index (χ2v) is 6.77. The predicted octanol–water partition coefficient (Wildman–Crippen LogP) is 5.90. The van der Waals surface area contributed by atoms with Gasteiger partial charge in [-0.05, 0) is 42.9 Å². The first-order valence-corrected chi connectivity index (χ1v) is 8.43. The summed E-state index contributed by atoms with van der Waals surface area (Å²) in [5, 5.41) is 1.08. The van der Waals surface area contributed by atoms with Crippen molar-refractivity contribution in [1.82, 2.24) is 0 Å². The lowest BCUT2D eigenvalue weighted by atomic mass is 10.1. The van der Waals surface area contributed by atoms with Crippen molar-refractivity contribution in [3.8, 4) is 0 Å². The van der Waals surface area contributed by atoms with E-state index in [0.717, 1.165) is 26.5 Å². The van der Waals surface area contributed by atoms with Crippen LogP contribution in [0.3, 0.4) is 0 Å². The van der Waals surface area contributed by atoms with Crippen LogP contribution in [0.1, 0.15) is 23.6 Å². The van der Waals surface area contributed by atoms with E-state index in [4.69, 9.17) is 4.99 Å². The average molecular weight is 348 g/mol. The maximum Gasteiger partial charge on any atom is 0.104 e. The van der Waals surface area contributed by atoms with Gasteiger partial charge in [-0.1, -0.05) is 53.2 Å². The molecular weight excluding hydrogens is 330 g/mol. The number of para-hydroxylation sites is 1. The zero-order valence-corrected chi connectivity index (χ0v) is 14.4. The number of nitrogens with zero attached hydrogens (tertiary/aromatic N) is 1. The molecule has 0 unspecified atom stereocenters. The topological polar surface area (TPSA) is 12.4 Å². The molecule has 104 valence electrons. The van der Waals surface area contributed by atoms with Crippen LogP contribution in [0, 0.1) is 13.8 Å². The second-order valence-electron chi connectivity index (χ2n) is 4.60. The largest absolute Gasteiger partial charge is 0.241 e. The van der Waals surface area contributed by atoms with E-state index in [1.165, 1.54) is 11.1 Å². The van der Waals surface area contributed by atoms with Gasteiger partial charge in [-0.3, -0.25) is 0 Å². The van der Waals surface area contributed by atoms with Crippen molar-refractivity contribution in [3.63, 3.8) is 0 Å². The van der Waals surface area contributed by atoms with E-state index in [1.54, 1.807) is 11.8 Å². The molecule has 0 saturated heterocycles. The number of hydrogen-bond donors (Lipinski definition) is 0. The summed E-state index contributed by atoms with van der Waals surface area (Å²) in [5.74, 6) is 1.01. The van der Waals surface area contributed by atoms with Gasteiger partial charge in [0.2, 0.25) is 0 Å². The Labute approximate surface area is 133 Å². The summed E-state index contributed by atoms with van der Waals surface area (Å²) in [6.45, 7) is 6.38. The Balaban J connectivity index is 2.50. The highest BCUT2D eigenvalue weighted by Gasteiger charge is 2.07. The normalized spacial score (nSPS) is 11.7. The molecule has 0 aliphatic carbocycles. The quantitative estimate of drug-likeness (QED) is 0.497. The van der Waals surface area contributed by atoms with Crippen molar-refractivity contribution in [2.75, 3.05) is 5.75 Å². The highest BCUT2D eigenvalue weighted by atomic mass is 79.9. The van der Waals surface area contributed by atoms with Gasteiger partial charge in [0.15, 0.2) is 0 Å². The smallest absolute Gasteiger partial charge is 0.104 e. The molecule has 0 aliphatic heterocycles. The minimum atomic E-state index is 1.01. The molecule has 2 aromatic rings. The highest BCUT2D eigenvalue weighted by molar-refractivity contribution is 9.10. The molecular formula is C17H18BrNS. The Morgan fingerprint density at radius 1 is 1.10 bits per heavy atom. The Morgan fingerprint density at radius 3 is 2.35 bits per heavy atom. The van der Waals surface area contributed by atoms with E-state index in [2.05, 4.69) is 73.1 Å². The summed E-state index contributed by atoms with van der Waals surface area (Å²) in [7, 11) is 0. The van der Waals surface area contributed by atoms with E-state index in [9.17, 15) is 0 Å². The summed E-state index contributed by atoms with van der Waals surface area (Å²) < 4.78 is 1.08. The predicted molar refractivity (Wildman–Crippen MR) is 94.4 cm³/mol. The lowest BCUT2D eigenvalue weighted by Crippen LogP contribution is -1.97. The number of aryl methyl sites for hydroxylation is 2. The summed E-state index contributed by atoms with van der Waals surface area (Å²) in [5.41, 5.74) is 4.68. The van der Waals surface area contributed by atoms with Gasteiger partial charge in [0.1, 0.15) is 5.04 Å². The third-order valence-electron chi connectivity index (χ3n) is 3.01. The van der Waals surface area contributed by atoms with Crippen molar-refractivity contribution in [3.05, 3.63) is 63.6 Å². The number of halogens is 1. The SMILES string of the molecule is CCSC(=Nc1c(C)cccc1C)c1cccc(Br)c1. The molecule has 1 nitrogen and oxygen atoms in total. The molecule has 3 heteroatoms. The van der Waals surface area contributed by atoms with Gasteiger partial charge in [0.05, 0.1) is 5.69 Å². The van der Waals surface area contributed by atoms with Crippen LogP contribution in [0.25, 0.3) is 0 Å². The van der Waals surface area contributed by atoms with Crippen LogP contribution in [0.15, 0.2) is 51.9 Å². The molecule has 0 aliphatic rings. The lowest BCUT2D eigenvalue weighted by Gasteiger charge is -2.09. The monoisotopic (exact) mass is 347 g/mol. The fraction of sp³-hybridized carbons (Fsp3) is 0.235. The Kier molecular flexibility index (Phi) is 5.44. The molecule has 2 rings (SSSR count). The summed E-state index contributed by atoms with van der Waals surface area (Å²) in [4.78, 5) is 4.92. The van der Waals surface area contributed by atoms with Gasteiger partial charge in [-0.2, -0.15) is 0 Å². The van der Waals surface area contributed by atoms with Crippen molar-refractivity contribution in [2.45, 2.75) is 20.8 Å². The minimum Gasteiger partial charge on any atom is -0.241 e. The fourth-order valence-electron chi connectivity index (χ4n) is 2.02. The number of benzene rings is 2. The molecule has 0 atom stereocenters. The third-order valence-corrected chi connectivity index (χ3v) is 4.39. The van der Waals surface area contributed by atoms with Crippen molar-refractivity contribution >= 4 is 38.4 Å². The first-order chi connectivity index (χ1) is 9.61. The maximum absolute atomic E-state index is 4.92. The van der Waals surface area contributed by atoms with E-state index in [0.29, 0.717) is 0 Å². The molecule has 0 aromatic heterocycles. The van der Waals surface area contributed by atoms with E-state index < -0.39 is 0 Å². The van der Waals surface area contributed by atoms with Gasteiger partial charge in [-0.15, -0.1) is 11.8 Å². The molecule has 0 N–H and O–H groups in total. The van der Waals surface area contributed by atoms with Gasteiger partial charge in [0, 0.05) is 10.0 Å². The maximum atomic E-state index is 4.92. The van der Waals surface area contributed by atoms with Crippen LogP contribution in [0.4, 0.5) is 5.69 Å². The summed E-state index contributed by atoms with van der Waals surface area (Å²) >= 11 is 5.31. The highest BCUT2D eigenvalue weighted by Crippen LogP contribution is 2.27. The Morgan fingerprint density at radius 2 is 1.75 bits per heavy atom. The van der Waals surface area contributed by atoms with Crippen LogP contribution in [0.2, 0.25) is 0 Å². The standard InChI is InChI=1S/C17H18BrNS/c1-4-20-17(14-9-6-10-15(18)11-14)19-16-12(2)7-5-8-13(16)3/h5-11H,4H2,1-3H3. The fourth-order valence-corrected chi connectivity index (χ4v) is 3.14. The number of hydrogen-bond acceptors (Lipinski definition) is 2. The second kappa shape index (κ2) is 7.09. The van der Waals surface area contributed by atoms with E-state index in [1.807, 2.05) is 6.07 Å². The Bertz CT molecular complexity index is 614. The van der Waals surface area contributed by atoms with Crippen LogP contribution in [-0.2, 0) is 0 Å². The molecule has 0 saturated carbocycles. The molecule has 0 amide bonds.